The quantitative estimate of drug-likeness (QED) is 0.759. The van der Waals surface area contributed by atoms with Crippen LogP contribution >= 0.6 is 11.3 Å². The van der Waals surface area contributed by atoms with Gasteiger partial charge in [-0.2, -0.15) is 0 Å². The third-order valence-corrected chi connectivity index (χ3v) is 3.13. The van der Waals surface area contributed by atoms with Crippen LogP contribution in [-0.2, 0) is 9.53 Å². The highest BCUT2D eigenvalue weighted by molar-refractivity contribution is 7.16. The number of carbonyl (C=O) groups is 1. The molecule has 0 aromatic carbocycles. The lowest BCUT2D eigenvalue weighted by molar-refractivity contribution is -0.119. The molecule has 18 heavy (non-hydrogen) atoms. The highest BCUT2D eigenvalue weighted by Crippen LogP contribution is 2.23. The summed E-state index contributed by atoms with van der Waals surface area (Å²) in [5, 5.41) is 8.62. The maximum atomic E-state index is 11.5. The van der Waals surface area contributed by atoms with Gasteiger partial charge in [0.05, 0.1) is 18.5 Å². The van der Waals surface area contributed by atoms with E-state index in [0.717, 1.165) is 10.2 Å². The lowest BCUT2D eigenvalue weighted by Crippen LogP contribution is -2.32. The van der Waals surface area contributed by atoms with E-state index in [2.05, 4.69) is 20.6 Å². The van der Waals surface area contributed by atoms with Gasteiger partial charge >= 0.3 is 0 Å². The maximum absolute atomic E-state index is 11.5. The molecule has 7 heteroatoms. The predicted molar refractivity (Wildman–Crippen MR) is 70.8 cm³/mol. The van der Waals surface area contributed by atoms with Crippen molar-refractivity contribution in [3.05, 3.63) is 17.8 Å². The van der Waals surface area contributed by atoms with E-state index in [0.29, 0.717) is 19.0 Å². The van der Waals surface area contributed by atoms with Gasteiger partial charge in [0, 0.05) is 13.7 Å². The number of fused-ring (bicyclic) bond motifs is 1. The Kier molecular flexibility index (Phi) is 4.43. The molecule has 0 atom stereocenters. The van der Waals surface area contributed by atoms with E-state index in [1.165, 1.54) is 6.33 Å². The third-order valence-electron chi connectivity index (χ3n) is 2.31. The minimum atomic E-state index is -0.0889. The standard InChI is InChI=1S/C11H14N4O2S/c1-17-4-3-12-9(16)6-13-10-8-2-5-18-11(8)15-7-14-10/h2,5,7H,3-4,6H2,1H3,(H,12,16)(H,13,14,15). The molecule has 0 radical (unpaired) electrons. The van der Waals surface area contributed by atoms with E-state index in [1.807, 2.05) is 11.4 Å². The van der Waals surface area contributed by atoms with Crippen LogP contribution in [0, 0.1) is 0 Å². The van der Waals surface area contributed by atoms with Crippen LogP contribution < -0.4 is 10.6 Å². The molecule has 2 heterocycles. The number of carbonyl (C=O) groups excluding carboxylic acids is 1. The van der Waals surface area contributed by atoms with E-state index in [4.69, 9.17) is 4.74 Å². The van der Waals surface area contributed by atoms with Crippen LogP contribution in [0.4, 0.5) is 5.82 Å². The molecule has 2 aromatic heterocycles. The normalized spacial score (nSPS) is 10.5. The number of methoxy groups -OCH3 is 1. The fraction of sp³-hybridized carbons (Fsp3) is 0.364. The summed E-state index contributed by atoms with van der Waals surface area (Å²) >= 11 is 1.54. The van der Waals surface area contributed by atoms with Crippen LogP contribution in [-0.4, -0.2) is 42.7 Å². The molecule has 2 N–H and O–H groups in total. The van der Waals surface area contributed by atoms with E-state index < -0.39 is 0 Å². The van der Waals surface area contributed by atoms with Crippen LogP contribution in [0.5, 0.6) is 0 Å². The summed E-state index contributed by atoms with van der Waals surface area (Å²) in [6, 6.07) is 1.94. The molecule has 0 aliphatic heterocycles. The topological polar surface area (TPSA) is 76.1 Å². The number of hydrogen-bond acceptors (Lipinski definition) is 6. The Morgan fingerprint density at radius 2 is 2.39 bits per heavy atom. The van der Waals surface area contributed by atoms with Gasteiger partial charge in [0.2, 0.25) is 5.91 Å². The second-order valence-corrected chi connectivity index (χ2v) is 4.45. The average Bonchev–Trinajstić information content (AvgIpc) is 2.85. The summed E-state index contributed by atoms with van der Waals surface area (Å²) in [7, 11) is 1.60. The van der Waals surface area contributed by atoms with Crippen molar-refractivity contribution in [3.63, 3.8) is 0 Å². The SMILES string of the molecule is COCCNC(=O)CNc1ncnc2sccc12. The van der Waals surface area contributed by atoms with E-state index in [1.54, 1.807) is 18.4 Å². The lowest BCUT2D eigenvalue weighted by atomic mass is 10.4. The highest BCUT2D eigenvalue weighted by atomic mass is 32.1. The van der Waals surface area contributed by atoms with Gasteiger partial charge in [0.1, 0.15) is 17.0 Å². The van der Waals surface area contributed by atoms with Gasteiger partial charge in [0.25, 0.3) is 0 Å². The first kappa shape index (κ1) is 12.7. The molecule has 1 amide bonds. The zero-order valence-electron chi connectivity index (χ0n) is 9.97. The molecule has 0 fully saturated rings. The fourth-order valence-corrected chi connectivity index (χ4v) is 2.18. The number of anilines is 1. The minimum absolute atomic E-state index is 0.0889. The molecular weight excluding hydrogens is 252 g/mol. The molecule has 0 spiro atoms. The Bertz CT molecular complexity index is 528. The van der Waals surface area contributed by atoms with Crippen LogP contribution in [0.25, 0.3) is 10.2 Å². The number of rotatable bonds is 6. The number of ether oxygens (including phenoxy) is 1. The first-order chi connectivity index (χ1) is 8.81. The smallest absolute Gasteiger partial charge is 0.239 e. The summed E-state index contributed by atoms with van der Waals surface area (Å²) in [5.74, 6) is 0.595. The van der Waals surface area contributed by atoms with Gasteiger partial charge in [-0.1, -0.05) is 0 Å². The number of thiophene rings is 1. The van der Waals surface area contributed by atoms with E-state index in [9.17, 15) is 4.79 Å². The van der Waals surface area contributed by atoms with Crippen molar-refractivity contribution in [1.82, 2.24) is 15.3 Å². The van der Waals surface area contributed by atoms with Crippen molar-refractivity contribution in [2.75, 3.05) is 32.1 Å². The molecule has 0 aliphatic rings. The Balaban J connectivity index is 1.90. The molecule has 0 bridgehead atoms. The van der Waals surface area contributed by atoms with E-state index >= 15 is 0 Å². The molecule has 0 aliphatic carbocycles. The first-order valence-corrected chi connectivity index (χ1v) is 6.37. The minimum Gasteiger partial charge on any atom is -0.383 e. The Labute approximate surface area is 108 Å². The zero-order valence-corrected chi connectivity index (χ0v) is 10.8. The number of aromatic nitrogens is 2. The third kappa shape index (κ3) is 3.14. The monoisotopic (exact) mass is 266 g/mol. The van der Waals surface area contributed by atoms with Gasteiger partial charge < -0.3 is 15.4 Å². The van der Waals surface area contributed by atoms with Crippen molar-refractivity contribution in [3.8, 4) is 0 Å². The fourth-order valence-electron chi connectivity index (χ4n) is 1.45. The zero-order chi connectivity index (χ0) is 12.8. The molecule has 2 aromatic rings. The number of amides is 1. The average molecular weight is 266 g/mol. The molecule has 2 rings (SSSR count). The Morgan fingerprint density at radius 1 is 1.50 bits per heavy atom. The second kappa shape index (κ2) is 6.27. The highest BCUT2D eigenvalue weighted by Gasteiger charge is 2.06. The van der Waals surface area contributed by atoms with Crippen molar-refractivity contribution in [2.24, 2.45) is 0 Å². The van der Waals surface area contributed by atoms with Gasteiger partial charge in [-0.05, 0) is 11.4 Å². The predicted octanol–water partition coefficient (Wildman–Crippen LogP) is 0.866. The summed E-state index contributed by atoms with van der Waals surface area (Å²) in [5.41, 5.74) is 0. The molecule has 6 nitrogen and oxygen atoms in total. The number of nitrogens with zero attached hydrogens (tertiary/aromatic N) is 2. The molecular formula is C11H14N4O2S. The van der Waals surface area contributed by atoms with Crippen molar-refractivity contribution in [1.29, 1.82) is 0 Å². The second-order valence-electron chi connectivity index (χ2n) is 3.56. The van der Waals surface area contributed by atoms with Crippen molar-refractivity contribution < 1.29 is 9.53 Å². The first-order valence-electron chi connectivity index (χ1n) is 5.49. The lowest BCUT2D eigenvalue weighted by Gasteiger charge is -2.07. The molecule has 96 valence electrons. The van der Waals surface area contributed by atoms with Crippen LogP contribution in [0.2, 0.25) is 0 Å². The van der Waals surface area contributed by atoms with Crippen LogP contribution in [0.1, 0.15) is 0 Å². The summed E-state index contributed by atoms with van der Waals surface area (Å²) in [6.07, 6.45) is 1.49. The number of nitrogens with one attached hydrogen (secondary N) is 2. The van der Waals surface area contributed by atoms with Gasteiger partial charge in [-0.3, -0.25) is 4.79 Å². The summed E-state index contributed by atoms with van der Waals surface area (Å²) in [6.45, 7) is 1.20. The molecule has 0 saturated heterocycles. The van der Waals surface area contributed by atoms with Gasteiger partial charge in [-0.25, -0.2) is 9.97 Å². The largest absolute Gasteiger partial charge is 0.383 e. The van der Waals surface area contributed by atoms with Crippen molar-refractivity contribution >= 4 is 33.3 Å². The summed E-state index contributed by atoms with van der Waals surface area (Å²) < 4.78 is 4.85. The van der Waals surface area contributed by atoms with Gasteiger partial charge in [0.15, 0.2) is 0 Å². The Morgan fingerprint density at radius 3 is 3.22 bits per heavy atom. The molecule has 0 unspecified atom stereocenters. The van der Waals surface area contributed by atoms with E-state index in [-0.39, 0.29) is 12.5 Å². The van der Waals surface area contributed by atoms with Gasteiger partial charge in [-0.15, -0.1) is 11.3 Å². The van der Waals surface area contributed by atoms with Crippen LogP contribution in [0.3, 0.4) is 0 Å². The van der Waals surface area contributed by atoms with Crippen LogP contribution in [0.15, 0.2) is 17.8 Å². The number of hydrogen-bond donors (Lipinski definition) is 2. The molecule has 0 saturated carbocycles. The maximum Gasteiger partial charge on any atom is 0.239 e. The Hall–Kier alpha value is -1.73. The summed E-state index contributed by atoms with van der Waals surface area (Å²) in [4.78, 5) is 20.7. The van der Waals surface area contributed by atoms with Crippen molar-refractivity contribution in [2.45, 2.75) is 0 Å².